The quantitative estimate of drug-likeness (QED) is 0.784. The fourth-order valence-corrected chi connectivity index (χ4v) is 1.56. The highest BCUT2D eigenvalue weighted by molar-refractivity contribution is 9.10. The summed E-state index contributed by atoms with van der Waals surface area (Å²) in [5.74, 6) is 1.33. The van der Waals surface area contributed by atoms with Crippen LogP contribution in [0.5, 0.6) is 0 Å². The lowest BCUT2D eigenvalue weighted by atomic mass is 10.1. The van der Waals surface area contributed by atoms with Crippen LogP contribution in [-0.2, 0) is 6.42 Å². The van der Waals surface area contributed by atoms with Gasteiger partial charge in [-0.2, -0.15) is 0 Å². The van der Waals surface area contributed by atoms with Crippen LogP contribution in [0.3, 0.4) is 0 Å². The fourth-order valence-electron chi connectivity index (χ4n) is 0.964. The summed E-state index contributed by atoms with van der Waals surface area (Å²) in [4.78, 5) is 8.26. The highest BCUT2D eigenvalue weighted by Crippen LogP contribution is 2.27. The fraction of sp³-hybridized carbons (Fsp3) is 0.556. The highest BCUT2D eigenvalue weighted by Gasteiger charge is 2.08. The molecule has 0 fully saturated rings. The molecule has 0 saturated heterocycles. The van der Waals surface area contributed by atoms with Crippen molar-refractivity contribution in [2.75, 3.05) is 0 Å². The molecule has 0 N–H and O–H groups in total. The standard InChI is InChI=1S/C9H11BrCl2N2/c1-5(2)3-4-6-13-8(11)7(10)9(12)14-6/h5H,3-4H2,1-2H3. The van der Waals surface area contributed by atoms with Crippen LogP contribution < -0.4 is 0 Å². The Labute approximate surface area is 102 Å². The number of aryl methyl sites for hydroxylation is 1. The first-order valence-electron chi connectivity index (χ1n) is 4.38. The molecule has 0 bridgehead atoms. The number of rotatable bonds is 3. The number of halogens is 3. The van der Waals surface area contributed by atoms with Crippen molar-refractivity contribution in [3.63, 3.8) is 0 Å². The minimum Gasteiger partial charge on any atom is -0.220 e. The first-order valence-corrected chi connectivity index (χ1v) is 5.93. The van der Waals surface area contributed by atoms with Crippen molar-refractivity contribution in [3.05, 3.63) is 20.6 Å². The van der Waals surface area contributed by atoms with Crippen LogP contribution in [0.15, 0.2) is 4.47 Å². The Kier molecular flexibility index (Phi) is 4.61. The van der Waals surface area contributed by atoms with E-state index in [4.69, 9.17) is 23.2 Å². The number of nitrogens with zero attached hydrogens (tertiary/aromatic N) is 2. The van der Waals surface area contributed by atoms with E-state index in [9.17, 15) is 0 Å². The van der Waals surface area contributed by atoms with Gasteiger partial charge in [-0.3, -0.25) is 0 Å². The van der Waals surface area contributed by atoms with Crippen LogP contribution in [0.2, 0.25) is 10.3 Å². The molecule has 0 aromatic carbocycles. The van der Waals surface area contributed by atoms with E-state index in [0.29, 0.717) is 26.5 Å². The minimum absolute atomic E-state index is 0.378. The zero-order valence-electron chi connectivity index (χ0n) is 8.02. The van der Waals surface area contributed by atoms with Gasteiger partial charge in [0.15, 0.2) is 0 Å². The summed E-state index contributed by atoms with van der Waals surface area (Å²) in [7, 11) is 0. The van der Waals surface area contributed by atoms with Gasteiger partial charge >= 0.3 is 0 Å². The van der Waals surface area contributed by atoms with Crippen molar-refractivity contribution >= 4 is 39.1 Å². The van der Waals surface area contributed by atoms with Gasteiger partial charge in [0, 0.05) is 6.42 Å². The van der Waals surface area contributed by atoms with E-state index >= 15 is 0 Å². The smallest absolute Gasteiger partial charge is 0.148 e. The zero-order chi connectivity index (χ0) is 10.7. The predicted octanol–water partition coefficient (Wildman–Crippen LogP) is 4.13. The monoisotopic (exact) mass is 296 g/mol. The first kappa shape index (κ1) is 12.2. The first-order chi connectivity index (χ1) is 6.50. The van der Waals surface area contributed by atoms with Crippen LogP contribution >= 0.6 is 39.1 Å². The Morgan fingerprint density at radius 1 is 1.21 bits per heavy atom. The maximum Gasteiger partial charge on any atom is 0.148 e. The van der Waals surface area contributed by atoms with Crippen molar-refractivity contribution in [1.29, 1.82) is 0 Å². The van der Waals surface area contributed by atoms with Crippen molar-refractivity contribution in [2.24, 2.45) is 5.92 Å². The molecule has 5 heteroatoms. The Balaban J connectivity index is 2.79. The summed E-state index contributed by atoms with van der Waals surface area (Å²) in [5.41, 5.74) is 0. The van der Waals surface area contributed by atoms with Gasteiger partial charge in [0.1, 0.15) is 16.1 Å². The largest absolute Gasteiger partial charge is 0.220 e. The molecule has 0 unspecified atom stereocenters. The lowest BCUT2D eigenvalue weighted by Gasteiger charge is -2.05. The van der Waals surface area contributed by atoms with Crippen LogP contribution in [0.1, 0.15) is 26.1 Å². The van der Waals surface area contributed by atoms with Gasteiger partial charge in [0.2, 0.25) is 0 Å². The van der Waals surface area contributed by atoms with Gasteiger partial charge in [-0.25, -0.2) is 9.97 Å². The second-order valence-corrected chi connectivity index (χ2v) is 4.98. The molecule has 0 atom stereocenters. The van der Waals surface area contributed by atoms with Gasteiger partial charge in [0.05, 0.1) is 4.47 Å². The van der Waals surface area contributed by atoms with Crippen molar-refractivity contribution in [3.8, 4) is 0 Å². The molecule has 0 saturated carbocycles. The van der Waals surface area contributed by atoms with E-state index < -0.39 is 0 Å². The van der Waals surface area contributed by atoms with Crippen molar-refractivity contribution < 1.29 is 0 Å². The summed E-state index contributed by atoms with van der Waals surface area (Å²) in [6, 6.07) is 0. The molecular formula is C9H11BrCl2N2. The maximum atomic E-state index is 5.85. The average Bonchev–Trinajstić information content (AvgIpc) is 2.10. The summed E-state index contributed by atoms with van der Waals surface area (Å²) in [6.07, 6.45) is 1.85. The molecule has 0 spiro atoms. The second kappa shape index (κ2) is 5.29. The van der Waals surface area contributed by atoms with E-state index in [1.54, 1.807) is 0 Å². The summed E-state index contributed by atoms with van der Waals surface area (Å²) in [5, 5.41) is 0.757. The van der Waals surface area contributed by atoms with Crippen molar-refractivity contribution in [1.82, 2.24) is 9.97 Å². The van der Waals surface area contributed by atoms with Crippen LogP contribution in [0, 0.1) is 5.92 Å². The zero-order valence-corrected chi connectivity index (χ0v) is 11.1. The predicted molar refractivity (Wildman–Crippen MR) is 62.9 cm³/mol. The SMILES string of the molecule is CC(C)CCc1nc(Cl)c(Br)c(Cl)n1. The maximum absolute atomic E-state index is 5.85. The molecule has 0 aliphatic rings. The van der Waals surface area contributed by atoms with Crippen LogP contribution in [0.25, 0.3) is 0 Å². The average molecular weight is 298 g/mol. The number of aromatic nitrogens is 2. The van der Waals surface area contributed by atoms with Crippen LogP contribution in [0.4, 0.5) is 0 Å². The van der Waals surface area contributed by atoms with E-state index in [1.165, 1.54) is 0 Å². The number of hydrogen-bond donors (Lipinski definition) is 0. The molecule has 0 radical (unpaired) electrons. The second-order valence-electron chi connectivity index (χ2n) is 3.47. The molecule has 1 aromatic rings. The molecule has 1 heterocycles. The molecule has 1 rings (SSSR count). The molecular weight excluding hydrogens is 287 g/mol. The molecule has 14 heavy (non-hydrogen) atoms. The van der Waals surface area contributed by atoms with Gasteiger partial charge in [-0.1, -0.05) is 37.0 Å². The van der Waals surface area contributed by atoms with E-state index in [0.717, 1.165) is 12.8 Å². The van der Waals surface area contributed by atoms with E-state index in [1.807, 2.05) is 0 Å². The normalized spacial score (nSPS) is 11.0. The Hall–Kier alpha value is 0.140. The third kappa shape index (κ3) is 3.37. The number of hydrogen-bond acceptors (Lipinski definition) is 2. The Bertz CT molecular complexity index is 306. The molecule has 0 aliphatic heterocycles. The Morgan fingerprint density at radius 3 is 2.14 bits per heavy atom. The summed E-state index contributed by atoms with van der Waals surface area (Å²) < 4.78 is 0.564. The summed E-state index contributed by atoms with van der Waals surface area (Å²) in [6.45, 7) is 4.31. The van der Waals surface area contributed by atoms with Crippen LogP contribution in [-0.4, -0.2) is 9.97 Å². The molecule has 78 valence electrons. The minimum atomic E-state index is 0.378. The lowest BCUT2D eigenvalue weighted by Crippen LogP contribution is -1.99. The third-order valence-electron chi connectivity index (χ3n) is 1.76. The van der Waals surface area contributed by atoms with Gasteiger partial charge in [-0.15, -0.1) is 0 Å². The highest BCUT2D eigenvalue weighted by atomic mass is 79.9. The third-order valence-corrected chi connectivity index (χ3v) is 3.52. The van der Waals surface area contributed by atoms with Crippen molar-refractivity contribution in [2.45, 2.75) is 26.7 Å². The molecule has 0 aliphatic carbocycles. The Morgan fingerprint density at radius 2 is 1.71 bits per heavy atom. The van der Waals surface area contributed by atoms with E-state index in [-0.39, 0.29) is 0 Å². The van der Waals surface area contributed by atoms with E-state index in [2.05, 4.69) is 39.7 Å². The van der Waals surface area contributed by atoms with Gasteiger partial charge in [-0.05, 0) is 28.3 Å². The lowest BCUT2D eigenvalue weighted by molar-refractivity contribution is 0.574. The van der Waals surface area contributed by atoms with Gasteiger partial charge in [0.25, 0.3) is 0 Å². The molecule has 0 amide bonds. The molecule has 1 aromatic heterocycles. The summed E-state index contributed by atoms with van der Waals surface area (Å²) >= 11 is 14.9. The van der Waals surface area contributed by atoms with Gasteiger partial charge < -0.3 is 0 Å². The topological polar surface area (TPSA) is 25.8 Å². The molecule has 2 nitrogen and oxygen atoms in total.